The number of aromatic nitrogens is 1. The highest BCUT2D eigenvalue weighted by atomic mass is 16.5. The van der Waals surface area contributed by atoms with Crippen LogP contribution in [0.15, 0.2) is 65.1 Å². The first-order valence-corrected chi connectivity index (χ1v) is 10.7. The van der Waals surface area contributed by atoms with Gasteiger partial charge in [0.05, 0.1) is 6.61 Å². The zero-order valence-corrected chi connectivity index (χ0v) is 17.6. The number of carbonyl (C=O) groups is 1. The second-order valence-electron chi connectivity index (χ2n) is 7.48. The summed E-state index contributed by atoms with van der Waals surface area (Å²) < 4.78 is 11.9. The number of rotatable bonds is 10. The Morgan fingerprint density at radius 3 is 2.61 bits per heavy atom. The van der Waals surface area contributed by atoms with Gasteiger partial charge < -0.3 is 19.2 Å². The highest BCUT2D eigenvalue weighted by Gasteiger charge is 2.16. The van der Waals surface area contributed by atoms with Crippen LogP contribution in [0.4, 0.5) is 6.01 Å². The van der Waals surface area contributed by atoms with Gasteiger partial charge in [0.25, 0.3) is 6.01 Å². The molecule has 0 aliphatic rings. The molecule has 0 unspecified atom stereocenters. The fraction of sp³-hybridized carbons (Fsp3) is 0.280. The number of aromatic carboxylic acids is 1. The van der Waals surface area contributed by atoms with E-state index in [1.165, 1.54) is 0 Å². The quantitative estimate of drug-likeness (QED) is 0.330. The summed E-state index contributed by atoms with van der Waals surface area (Å²) in [5.74, 6) is -0.565. The standard InChI is InChI=1S/C25H26N2O4/c1-2-3-15-27(25-26-21-11-6-7-12-22(21)31-25)16-8-17-30-23-19-10-5-4-9-18(19)13-14-20(23)24(28)29/h4-7,9-14H,2-3,8,15-17H2,1H3,(H,28,29). The topological polar surface area (TPSA) is 75.8 Å². The number of nitrogens with zero attached hydrogens (tertiary/aromatic N) is 2. The number of hydrogen-bond donors (Lipinski definition) is 1. The molecule has 0 aliphatic heterocycles. The number of carboxylic acids is 1. The molecule has 0 spiro atoms. The Bertz CT molecular complexity index is 1150. The van der Waals surface area contributed by atoms with Crippen LogP contribution < -0.4 is 9.64 Å². The molecule has 4 aromatic rings. The molecule has 1 heterocycles. The maximum absolute atomic E-state index is 11.7. The molecule has 0 aliphatic carbocycles. The Kier molecular flexibility index (Phi) is 6.36. The number of benzene rings is 3. The predicted molar refractivity (Wildman–Crippen MR) is 122 cm³/mol. The number of ether oxygens (including phenoxy) is 1. The highest BCUT2D eigenvalue weighted by molar-refractivity contribution is 6.00. The molecule has 0 atom stereocenters. The summed E-state index contributed by atoms with van der Waals surface area (Å²) >= 11 is 0. The minimum Gasteiger partial charge on any atom is -0.492 e. The number of carboxylic acid groups (broad SMARTS) is 1. The van der Waals surface area contributed by atoms with Crippen molar-refractivity contribution in [3.05, 3.63) is 66.2 Å². The Balaban J connectivity index is 1.47. The third-order valence-corrected chi connectivity index (χ3v) is 5.26. The van der Waals surface area contributed by atoms with Crippen molar-refractivity contribution in [3.63, 3.8) is 0 Å². The van der Waals surface area contributed by atoms with Crippen LogP contribution in [0.3, 0.4) is 0 Å². The lowest BCUT2D eigenvalue weighted by Gasteiger charge is -2.20. The van der Waals surface area contributed by atoms with E-state index in [4.69, 9.17) is 9.15 Å². The van der Waals surface area contributed by atoms with Gasteiger partial charge in [0.15, 0.2) is 5.58 Å². The molecule has 0 amide bonds. The van der Waals surface area contributed by atoms with Crippen molar-refractivity contribution in [2.45, 2.75) is 26.2 Å². The van der Waals surface area contributed by atoms with Gasteiger partial charge in [-0.1, -0.05) is 55.8 Å². The SMILES string of the molecule is CCCCN(CCCOc1c(C(=O)O)ccc2ccccc12)c1nc2ccccc2o1. The number of unbranched alkanes of at least 4 members (excludes halogenated alkanes) is 1. The van der Waals surface area contributed by atoms with Gasteiger partial charge in [0.2, 0.25) is 0 Å². The number of hydrogen-bond acceptors (Lipinski definition) is 5. The van der Waals surface area contributed by atoms with E-state index < -0.39 is 5.97 Å². The predicted octanol–water partition coefficient (Wildman–Crippen LogP) is 5.75. The summed E-state index contributed by atoms with van der Waals surface area (Å²) in [5.41, 5.74) is 1.80. The highest BCUT2D eigenvalue weighted by Crippen LogP contribution is 2.30. The van der Waals surface area contributed by atoms with Gasteiger partial charge in [-0.15, -0.1) is 0 Å². The van der Waals surface area contributed by atoms with Crippen molar-refractivity contribution in [2.24, 2.45) is 0 Å². The van der Waals surface area contributed by atoms with Crippen molar-refractivity contribution in [3.8, 4) is 5.75 Å². The van der Waals surface area contributed by atoms with Crippen LogP contribution in [-0.2, 0) is 0 Å². The summed E-state index contributed by atoms with van der Waals surface area (Å²) in [6, 6.07) is 19.4. The lowest BCUT2D eigenvalue weighted by Crippen LogP contribution is -2.27. The van der Waals surface area contributed by atoms with E-state index in [0.717, 1.165) is 41.3 Å². The van der Waals surface area contributed by atoms with Gasteiger partial charge in [-0.25, -0.2) is 4.79 Å². The average Bonchev–Trinajstić information content (AvgIpc) is 3.22. The first-order valence-electron chi connectivity index (χ1n) is 10.7. The Hall–Kier alpha value is -3.54. The third kappa shape index (κ3) is 4.63. The van der Waals surface area contributed by atoms with Crippen molar-refractivity contribution < 1.29 is 19.1 Å². The normalized spacial score (nSPS) is 11.1. The number of fused-ring (bicyclic) bond motifs is 2. The summed E-state index contributed by atoms with van der Waals surface area (Å²) in [7, 11) is 0. The zero-order chi connectivity index (χ0) is 21.6. The number of anilines is 1. The lowest BCUT2D eigenvalue weighted by molar-refractivity contribution is 0.0692. The van der Waals surface area contributed by atoms with Gasteiger partial charge in [0.1, 0.15) is 16.8 Å². The molecule has 0 radical (unpaired) electrons. The van der Waals surface area contributed by atoms with Crippen LogP contribution in [0.25, 0.3) is 21.9 Å². The summed E-state index contributed by atoms with van der Waals surface area (Å²) in [6.07, 6.45) is 2.82. The van der Waals surface area contributed by atoms with Crippen LogP contribution in [0, 0.1) is 0 Å². The molecule has 0 fully saturated rings. The molecule has 0 saturated carbocycles. The zero-order valence-electron chi connectivity index (χ0n) is 17.6. The Labute approximate surface area is 181 Å². The molecule has 160 valence electrons. The van der Waals surface area contributed by atoms with Gasteiger partial charge >= 0.3 is 5.97 Å². The van der Waals surface area contributed by atoms with Gasteiger partial charge in [-0.3, -0.25) is 0 Å². The van der Waals surface area contributed by atoms with E-state index in [-0.39, 0.29) is 5.56 Å². The fourth-order valence-electron chi connectivity index (χ4n) is 3.64. The molecule has 6 heteroatoms. The monoisotopic (exact) mass is 418 g/mol. The van der Waals surface area contributed by atoms with Gasteiger partial charge in [-0.2, -0.15) is 4.98 Å². The Morgan fingerprint density at radius 2 is 1.81 bits per heavy atom. The van der Waals surface area contributed by atoms with E-state index in [0.29, 0.717) is 31.3 Å². The van der Waals surface area contributed by atoms with Crippen LogP contribution in [0.2, 0.25) is 0 Å². The van der Waals surface area contributed by atoms with Crippen molar-refractivity contribution >= 4 is 33.9 Å². The molecular weight excluding hydrogens is 392 g/mol. The van der Waals surface area contributed by atoms with E-state index >= 15 is 0 Å². The van der Waals surface area contributed by atoms with E-state index in [2.05, 4.69) is 16.8 Å². The molecule has 31 heavy (non-hydrogen) atoms. The van der Waals surface area contributed by atoms with Crippen LogP contribution in [0.1, 0.15) is 36.5 Å². The summed E-state index contributed by atoms with van der Waals surface area (Å²) in [6.45, 7) is 4.11. The summed E-state index contributed by atoms with van der Waals surface area (Å²) in [5, 5.41) is 11.3. The fourth-order valence-corrected chi connectivity index (χ4v) is 3.64. The van der Waals surface area contributed by atoms with Gasteiger partial charge in [-0.05, 0) is 36.4 Å². The van der Waals surface area contributed by atoms with Crippen molar-refractivity contribution in [1.29, 1.82) is 0 Å². The Morgan fingerprint density at radius 1 is 1.03 bits per heavy atom. The molecule has 1 aromatic heterocycles. The van der Waals surface area contributed by atoms with E-state index in [9.17, 15) is 9.90 Å². The second-order valence-corrected chi connectivity index (χ2v) is 7.48. The first kappa shape index (κ1) is 20.7. The minimum absolute atomic E-state index is 0.181. The largest absolute Gasteiger partial charge is 0.492 e. The maximum Gasteiger partial charge on any atom is 0.339 e. The molecule has 6 nitrogen and oxygen atoms in total. The second kappa shape index (κ2) is 9.51. The van der Waals surface area contributed by atoms with E-state index in [1.807, 2.05) is 54.6 Å². The minimum atomic E-state index is -0.989. The summed E-state index contributed by atoms with van der Waals surface area (Å²) in [4.78, 5) is 18.4. The molecule has 0 bridgehead atoms. The van der Waals surface area contributed by atoms with Crippen molar-refractivity contribution in [2.75, 3.05) is 24.6 Å². The third-order valence-electron chi connectivity index (χ3n) is 5.26. The first-order chi connectivity index (χ1) is 15.2. The van der Waals surface area contributed by atoms with Crippen molar-refractivity contribution in [1.82, 2.24) is 4.98 Å². The van der Waals surface area contributed by atoms with Crippen LogP contribution >= 0.6 is 0 Å². The van der Waals surface area contributed by atoms with E-state index in [1.54, 1.807) is 6.07 Å². The average molecular weight is 418 g/mol. The number of oxazole rings is 1. The molecule has 3 aromatic carbocycles. The van der Waals surface area contributed by atoms with Crippen LogP contribution in [-0.4, -0.2) is 35.8 Å². The molecule has 4 rings (SSSR count). The molecular formula is C25H26N2O4. The smallest absolute Gasteiger partial charge is 0.339 e. The van der Waals surface area contributed by atoms with Gasteiger partial charge in [0, 0.05) is 18.5 Å². The lowest BCUT2D eigenvalue weighted by atomic mass is 10.1. The maximum atomic E-state index is 11.7. The molecule has 1 N–H and O–H groups in total. The number of para-hydroxylation sites is 2. The molecule has 0 saturated heterocycles. The van der Waals surface area contributed by atoms with Crippen LogP contribution in [0.5, 0.6) is 5.75 Å².